The molecule has 1 aromatic heterocycles. The average molecular weight is 373 g/mol. The first-order valence-corrected chi connectivity index (χ1v) is 9.58. The van der Waals surface area contributed by atoms with Crippen LogP contribution in [0.2, 0.25) is 0 Å². The van der Waals surface area contributed by atoms with Crippen molar-refractivity contribution in [1.29, 1.82) is 0 Å². The number of sulfonamides is 1. The SMILES string of the molecule is CCc1cc2oc(=O)c(S(=O)(=O)Nc3ccccc3)c(C)c2cc1OC. The van der Waals surface area contributed by atoms with Gasteiger partial charge in [0, 0.05) is 11.1 Å². The van der Waals surface area contributed by atoms with Crippen molar-refractivity contribution in [2.75, 3.05) is 11.8 Å². The molecule has 3 rings (SSSR count). The topological polar surface area (TPSA) is 85.6 Å². The molecule has 1 heterocycles. The van der Waals surface area contributed by atoms with Gasteiger partial charge in [0.15, 0.2) is 4.90 Å². The molecule has 0 atom stereocenters. The Kier molecular flexibility index (Phi) is 4.73. The smallest absolute Gasteiger partial charge is 0.357 e. The number of hydrogen-bond acceptors (Lipinski definition) is 5. The molecule has 0 spiro atoms. The minimum Gasteiger partial charge on any atom is -0.496 e. The highest BCUT2D eigenvalue weighted by Crippen LogP contribution is 2.30. The van der Waals surface area contributed by atoms with Crippen LogP contribution in [0.5, 0.6) is 5.75 Å². The van der Waals surface area contributed by atoms with Gasteiger partial charge in [-0.25, -0.2) is 13.2 Å². The second kappa shape index (κ2) is 6.84. The summed E-state index contributed by atoms with van der Waals surface area (Å²) >= 11 is 0. The number of anilines is 1. The van der Waals surface area contributed by atoms with Crippen LogP contribution < -0.4 is 15.1 Å². The molecule has 0 amide bonds. The normalized spacial score (nSPS) is 11.5. The van der Waals surface area contributed by atoms with Crippen molar-refractivity contribution >= 4 is 26.7 Å². The second-order valence-corrected chi connectivity index (χ2v) is 7.45. The molecule has 3 aromatic rings. The van der Waals surface area contributed by atoms with E-state index in [-0.39, 0.29) is 0 Å². The highest BCUT2D eigenvalue weighted by molar-refractivity contribution is 7.92. The Bertz CT molecular complexity index is 1120. The first kappa shape index (κ1) is 18.0. The lowest BCUT2D eigenvalue weighted by Gasteiger charge is -2.13. The Labute approximate surface area is 151 Å². The van der Waals surface area contributed by atoms with Gasteiger partial charge in [-0.05, 0) is 48.7 Å². The van der Waals surface area contributed by atoms with Crippen LogP contribution in [-0.2, 0) is 16.4 Å². The summed E-state index contributed by atoms with van der Waals surface area (Å²) in [4.78, 5) is 12.0. The Morgan fingerprint density at radius 3 is 2.46 bits per heavy atom. The van der Waals surface area contributed by atoms with Gasteiger partial charge < -0.3 is 9.15 Å². The minimum atomic E-state index is -4.10. The van der Waals surface area contributed by atoms with Crippen LogP contribution in [0, 0.1) is 6.92 Å². The predicted molar refractivity (Wildman–Crippen MR) is 100 cm³/mol. The fourth-order valence-corrected chi connectivity index (χ4v) is 4.21. The summed E-state index contributed by atoms with van der Waals surface area (Å²) in [5.41, 5.74) is 1.00. The quantitative estimate of drug-likeness (QED) is 0.692. The van der Waals surface area contributed by atoms with E-state index in [1.165, 1.54) is 0 Å². The molecule has 0 unspecified atom stereocenters. The van der Waals surface area contributed by atoms with Crippen LogP contribution in [-0.4, -0.2) is 15.5 Å². The zero-order valence-corrected chi connectivity index (χ0v) is 15.5. The van der Waals surface area contributed by atoms with Crippen LogP contribution in [0.4, 0.5) is 5.69 Å². The first-order chi connectivity index (χ1) is 12.4. The monoisotopic (exact) mass is 373 g/mol. The summed E-state index contributed by atoms with van der Waals surface area (Å²) in [6.07, 6.45) is 0.692. The number of fused-ring (bicyclic) bond motifs is 1. The Morgan fingerprint density at radius 1 is 1.15 bits per heavy atom. The van der Waals surface area contributed by atoms with E-state index < -0.39 is 20.5 Å². The summed E-state index contributed by atoms with van der Waals surface area (Å²) in [6, 6.07) is 11.8. The van der Waals surface area contributed by atoms with Crippen molar-refractivity contribution in [3.63, 3.8) is 0 Å². The zero-order valence-electron chi connectivity index (χ0n) is 14.7. The van der Waals surface area contributed by atoms with Gasteiger partial charge in [-0.3, -0.25) is 4.72 Å². The molecule has 0 bridgehead atoms. The van der Waals surface area contributed by atoms with Gasteiger partial charge in [0.2, 0.25) is 0 Å². The van der Waals surface area contributed by atoms with Gasteiger partial charge in [0.25, 0.3) is 10.0 Å². The zero-order chi connectivity index (χ0) is 18.9. The molecule has 26 heavy (non-hydrogen) atoms. The molecule has 0 fully saturated rings. The van der Waals surface area contributed by atoms with Crippen molar-refractivity contribution in [1.82, 2.24) is 0 Å². The molecule has 0 aliphatic carbocycles. The van der Waals surface area contributed by atoms with Gasteiger partial charge >= 0.3 is 5.63 Å². The third-order valence-electron chi connectivity index (χ3n) is 4.19. The fourth-order valence-electron chi connectivity index (χ4n) is 2.89. The van der Waals surface area contributed by atoms with Crippen molar-refractivity contribution in [2.45, 2.75) is 25.2 Å². The molecule has 0 saturated carbocycles. The maximum absolute atomic E-state index is 12.8. The number of benzene rings is 2. The van der Waals surface area contributed by atoms with E-state index in [9.17, 15) is 13.2 Å². The van der Waals surface area contributed by atoms with Crippen LogP contribution in [0.1, 0.15) is 18.1 Å². The van der Waals surface area contributed by atoms with E-state index in [1.807, 2.05) is 6.92 Å². The highest BCUT2D eigenvalue weighted by atomic mass is 32.2. The molecule has 136 valence electrons. The van der Waals surface area contributed by atoms with Crippen molar-refractivity contribution in [3.05, 3.63) is 64.0 Å². The van der Waals surface area contributed by atoms with Crippen LogP contribution in [0.25, 0.3) is 11.0 Å². The minimum absolute atomic E-state index is 0.320. The van der Waals surface area contributed by atoms with Crippen molar-refractivity contribution in [3.8, 4) is 5.75 Å². The maximum Gasteiger partial charge on any atom is 0.357 e. The lowest BCUT2D eigenvalue weighted by Crippen LogP contribution is -2.22. The molecule has 0 aliphatic heterocycles. The summed E-state index contributed by atoms with van der Waals surface area (Å²) < 4.78 is 38.6. The van der Waals surface area contributed by atoms with Gasteiger partial charge in [-0.1, -0.05) is 25.1 Å². The third kappa shape index (κ3) is 3.17. The molecule has 0 saturated heterocycles. The fraction of sp³-hybridized carbons (Fsp3) is 0.211. The maximum atomic E-state index is 12.8. The van der Waals surface area contributed by atoms with Crippen LogP contribution in [0.15, 0.2) is 56.6 Å². The number of aryl methyl sites for hydroxylation is 2. The van der Waals surface area contributed by atoms with Crippen LogP contribution >= 0.6 is 0 Å². The molecular formula is C19H19NO5S. The van der Waals surface area contributed by atoms with Gasteiger partial charge in [-0.15, -0.1) is 0 Å². The average Bonchev–Trinajstić information content (AvgIpc) is 2.60. The highest BCUT2D eigenvalue weighted by Gasteiger charge is 2.25. The summed E-state index contributed by atoms with van der Waals surface area (Å²) in [6.45, 7) is 3.54. The van der Waals surface area contributed by atoms with Gasteiger partial charge in [0.05, 0.1) is 7.11 Å². The lowest BCUT2D eigenvalue weighted by molar-refractivity contribution is 0.410. The van der Waals surface area contributed by atoms with E-state index >= 15 is 0 Å². The van der Waals surface area contributed by atoms with E-state index in [4.69, 9.17) is 9.15 Å². The number of nitrogens with one attached hydrogen (secondary N) is 1. The predicted octanol–water partition coefficient (Wildman–Crippen LogP) is 3.47. The first-order valence-electron chi connectivity index (χ1n) is 8.09. The van der Waals surface area contributed by atoms with Crippen molar-refractivity contribution < 1.29 is 17.6 Å². The third-order valence-corrected chi connectivity index (χ3v) is 5.71. The number of ether oxygens (including phenoxy) is 1. The number of para-hydroxylation sites is 1. The van der Waals surface area contributed by atoms with Crippen LogP contribution in [0.3, 0.4) is 0 Å². The largest absolute Gasteiger partial charge is 0.496 e. The summed E-state index contributed by atoms with van der Waals surface area (Å²) in [5.74, 6) is 0.622. The Morgan fingerprint density at radius 2 is 1.85 bits per heavy atom. The summed E-state index contributed by atoms with van der Waals surface area (Å²) in [7, 11) is -2.55. The van der Waals surface area contributed by atoms with Gasteiger partial charge in [0.1, 0.15) is 11.3 Å². The lowest BCUT2D eigenvalue weighted by atomic mass is 10.1. The van der Waals surface area contributed by atoms with E-state index in [2.05, 4.69) is 4.72 Å². The van der Waals surface area contributed by atoms with E-state index in [0.717, 1.165) is 5.56 Å². The van der Waals surface area contributed by atoms with E-state index in [1.54, 1.807) is 56.5 Å². The van der Waals surface area contributed by atoms with E-state index in [0.29, 0.717) is 34.4 Å². The molecule has 1 N–H and O–H groups in total. The number of hydrogen-bond donors (Lipinski definition) is 1. The molecule has 7 heteroatoms. The molecule has 6 nitrogen and oxygen atoms in total. The molecule has 2 aromatic carbocycles. The number of rotatable bonds is 5. The standard InChI is InChI=1S/C19H19NO5S/c1-4-13-10-17-15(11-16(13)24-3)12(2)18(19(21)25-17)26(22,23)20-14-8-6-5-7-9-14/h5-11,20H,4H2,1-3H3. The Hall–Kier alpha value is -2.80. The molecular weight excluding hydrogens is 354 g/mol. The second-order valence-electron chi connectivity index (χ2n) is 5.83. The van der Waals surface area contributed by atoms with Gasteiger partial charge in [-0.2, -0.15) is 0 Å². The Balaban J connectivity index is 2.22. The molecule has 0 aliphatic rings. The number of methoxy groups -OCH3 is 1. The van der Waals surface area contributed by atoms with Crippen molar-refractivity contribution in [2.24, 2.45) is 0 Å². The summed E-state index contributed by atoms with van der Waals surface area (Å²) in [5, 5.41) is 0.520. The molecule has 0 radical (unpaired) electrons.